The predicted molar refractivity (Wildman–Crippen MR) is 68.9 cm³/mol. The Labute approximate surface area is 104 Å². The van der Waals surface area contributed by atoms with E-state index in [1.165, 1.54) is 6.26 Å². The summed E-state index contributed by atoms with van der Waals surface area (Å²) in [5.41, 5.74) is 0. The molecule has 0 saturated carbocycles. The highest BCUT2D eigenvalue weighted by atomic mass is 32.2. The largest absolute Gasteiger partial charge is 0.481 e. The second-order valence-electron chi connectivity index (χ2n) is 4.60. The fourth-order valence-corrected chi connectivity index (χ4v) is 2.43. The first-order valence-electron chi connectivity index (χ1n) is 6.31. The SMILES string of the molecule is CS(=O)(=O)CCCCCCCCCCC(=O)O. The van der Waals surface area contributed by atoms with Gasteiger partial charge in [-0.1, -0.05) is 38.5 Å². The van der Waals surface area contributed by atoms with Crippen LogP contribution >= 0.6 is 0 Å². The summed E-state index contributed by atoms with van der Waals surface area (Å²) in [7, 11) is -2.79. The van der Waals surface area contributed by atoms with Gasteiger partial charge < -0.3 is 5.11 Å². The highest BCUT2D eigenvalue weighted by molar-refractivity contribution is 7.90. The van der Waals surface area contributed by atoms with Crippen LogP contribution in [0.3, 0.4) is 0 Å². The molecule has 0 aromatic heterocycles. The molecule has 0 unspecified atom stereocenters. The normalized spacial score (nSPS) is 11.6. The molecule has 17 heavy (non-hydrogen) atoms. The molecule has 0 fully saturated rings. The average Bonchev–Trinajstić information content (AvgIpc) is 2.18. The number of unbranched alkanes of at least 4 members (excludes halogenated alkanes) is 7. The number of sulfone groups is 1. The van der Waals surface area contributed by atoms with Crippen LogP contribution in [0.15, 0.2) is 0 Å². The van der Waals surface area contributed by atoms with Crippen LogP contribution in [-0.2, 0) is 14.6 Å². The van der Waals surface area contributed by atoms with Gasteiger partial charge in [0.15, 0.2) is 0 Å². The highest BCUT2D eigenvalue weighted by Gasteiger charge is 2.01. The summed E-state index contributed by atoms with van der Waals surface area (Å²) in [6, 6.07) is 0. The molecule has 102 valence electrons. The third-order valence-corrected chi connectivity index (χ3v) is 3.69. The van der Waals surface area contributed by atoms with Crippen molar-refractivity contribution in [3.05, 3.63) is 0 Å². The first-order valence-corrected chi connectivity index (χ1v) is 8.37. The zero-order valence-electron chi connectivity index (χ0n) is 10.7. The van der Waals surface area contributed by atoms with E-state index in [1.54, 1.807) is 0 Å². The van der Waals surface area contributed by atoms with E-state index in [1.807, 2.05) is 0 Å². The van der Waals surface area contributed by atoms with Crippen LogP contribution in [0.5, 0.6) is 0 Å². The smallest absolute Gasteiger partial charge is 0.303 e. The molecule has 0 aromatic rings. The van der Waals surface area contributed by atoms with E-state index in [-0.39, 0.29) is 6.42 Å². The third kappa shape index (κ3) is 15.4. The molecular weight excluding hydrogens is 240 g/mol. The van der Waals surface area contributed by atoms with Crippen LogP contribution in [0.4, 0.5) is 0 Å². The summed E-state index contributed by atoms with van der Waals surface area (Å²) < 4.78 is 21.7. The van der Waals surface area contributed by atoms with E-state index in [2.05, 4.69) is 0 Å². The van der Waals surface area contributed by atoms with Gasteiger partial charge in [0.2, 0.25) is 0 Å². The lowest BCUT2D eigenvalue weighted by Gasteiger charge is -2.01. The van der Waals surface area contributed by atoms with Crippen molar-refractivity contribution in [1.82, 2.24) is 0 Å². The first kappa shape index (κ1) is 16.4. The number of carboxylic acid groups (broad SMARTS) is 1. The van der Waals surface area contributed by atoms with Gasteiger partial charge in [-0.25, -0.2) is 8.42 Å². The Morgan fingerprint density at radius 3 is 1.71 bits per heavy atom. The minimum atomic E-state index is -2.79. The molecule has 0 rings (SSSR count). The number of hydrogen-bond donors (Lipinski definition) is 1. The molecule has 0 aliphatic heterocycles. The Hall–Kier alpha value is -0.580. The van der Waals surface area contributed by atoms with Crippen molar-refractivity contribution in [2.45, 2.75) is 57.8 Å². The van der Waals surface area contributed by atoms with Gasteiger partial charge in [0.05, 0.1) is 0 Å². The van der Waals surface area contributed by atoms with Gasteiger partial charge in [0.25, 0.3) is 0 Å². The molecule has 0 amide bonds. The Bertz CT molecular complexity index is 296. The van der Waals surface area contributed by atoms with Crippen molar-refractivity contribution in [2.24, 2.45) is 0 Å². The van der Waals surface area contributed by atoms with Crippen LogP contribution in [0, 0.1) is 0 Å². The molecular formula is C12H24O4S. The van der Waals surface area contributed by atoms with Crippen molar-refractivity contribution >= 4 is 15.8 Å². The monoisotopic (exact) mass is 264 g/mol. The van der Waals surface area contributed by atoms with E-state index in [9.17, 15) is 13.2 Å². The van der Waals surface area contributed by atoms with Crippen LogP contribution in [0.1, 0.15) is 57.8 Å². The maximum atomic E-state index is 10.8. The Morgan fingerprint density at radius 2 is 1.29 bits per heavy atom. The topological polar surface area (TPSA) is 71.4 Å². The molecule has 5 heteroatoms. The minimum absolute atomic E-state index is 0.272. The minimum Gasteiger partial charge on any atom is -0.481 e. The zero-order valence-corrected chi connectivity index (χ0v) is 11.5. The van der Waals surface area contributed by atoms with Crippen molar-refractivity contribution in [2.75, 3.05) is 12.0 Å². The van der Waals surface area contributed by atoms with Gasteiger partial charge in [-0.2, -0.15) is 0 Å². The molecule has 0 spiro atoms. The lowest BCUT2D eigenvalue weighted by molar-refractivity contribution is -0.137. The second kappa shape index (κ2) is 9.45. The summed E-state index contributed by atoms with van der Waals surface area (Å²) in [6.07, 6.45) is 9.44. The summed E-state index contributed by atoms with van der Waals surface area (Å²) >= 11 is 0. The molecule has 0 bridgehead atoms. The maximum absolute atomic E-state index is 10.8. The fraction of sp³-hybridized carbons (Fsp3) is 0.917. The van der Waals surface area contributed by atoms with Gasteiger partial charge in [-0.05, 0) is 12.8 Å². The van der Waals surface area contributed by atoms with E-state index < -0.39 is 15.8 Å². The summed E-state index contributed by atoms with van der Waals surface area (Å²) in [5.74, 6) is -0.420. The summed E-state index contributed by atoms with van der Waals surface area (Å²) in [4.78, 5) is 10.2. The molecule has 0 aromatic carbocycles. The van der Waals surface area contributed by atoms with E-state index in [4.69, 9.17) is 5.11 Å². The van der Waals surface area contributed by atoms with Crippen LogP contribution in [0.25, 0.3) is 0 Å². The molecule has 0 saturated heterocycles. The van der Waals surface area contributed by atoms with E-state index in [0.29, 0.717) is 5.75 Å². The molecule has 0 aliphatic rings. The number of rotatable bonds is 11. The highest BCUT2D eigenvalue weighted by Crippen LogP contribution is 2.10. The average molecular weight is 264 g/mol. The quantitative estimate of drug-likeness (QED) is 0.582. The number of carboxylic acids is 1. The molecule has 4 nitrogen and oxygen atoms in total. The second-order valence-corrected chi connectivity index (χ2v) is 6.86. The van der Waals surface area contributed by atoms with E-state index >= 15 is 0 Å². The standard InChI is InChI=1S/C12H24O4S/c1-17(15,16)11-9-7-5-3-2-4-6-8-10-12(13)14/h2-11H2,1H3,(H,13,14). The zero-order chi connectivity index (χ0) is 13.1. The lowest BCUT2D eigenvalue weighted by Crippen LogP contribution is -2.02. The van der Waals surface area contributed by atoms with Crippen molar-refractivity contribution in [1.29, 1.82) is 0 Å². The molecule has 0 atom stereocenters. The number of hydrogen-bond acceptors (Lipinski definition) is 3. The Balaban J connectivity index is 3.11. The van der Waals surface area contributed by atoms with E-state index in [0.717, 1.165) is 51.4 Å². The lowest BCUT2D eigenvalue weighted by atomic mass is 10.1. The summed E-state index contributed by atoms with van der Waals surface area (Å²) in [5, 5.41) is 8.43. The van der Waals surface area contributed by atoms with Crippen LogP contribution in [0.2, 0.25) is 0 Å². The van der Waals surface area contributed by atoms with Crippen LogP contribution < -0.4 is 0 Å². The molecule has 0 radical (unpaired) electrons. The number of aliphatic carboxylic acids is 1. The van der Waals surface area contributed by atoms with Gasteiger partial charge in [-0.15, -0.1) is 0 Å². The first-order chi connectivity index (χ1) is 7.92. The fourth-order valence-electron chi connectivity index (χ4n) is 1.70. The van der Waals surface area contributed by atoms with Gasteiger partial charge >= 0.3 is 5.97 Å². The molecule has 0 heterocycles. The Kier molecular flexibility index (Phi) is 9.13. The van der Waals surface area contributed by atoms with Crippen molar-refractivity contribution in [3.63, 3.8) is 0 Å². The summed E-state index contributed by atoms with van der Waals surface area (Å²) in [6.45, 7) is 0. The third-order valence-electron chi connectivity index (χ3n) is 2.66. The van der Waals surface area contributed by atoms with Gasteiger partial charge in [0.1, 0.15) is 9.84 Å². The van der Waals surface area contributed by atoms with Crippen molar-refractivity contribution < 1.29 is 18.3 Å². The predicted octanol–water partition coefficient (Wildman–Crippen LogP) is 2.63. The van der Waals surface area contributed by atoms with Crippen LogP contribution in [-0.4, -0.2) is 31.5 Å². The molecule has 0 aliphatic carbocycles. The Morgan fingerprint density at radius 1 is 0.882 bits per heavy atom. The maximum Gasteiger partial charge on any atom is 0.303 e. The van der Waals surface area contributed by atoms with Gasteiger partial charge in [-0.3, -0.25) is 4.79 Å². The molecule has 1 N–H and O–H groups in total. The number of carbonyl (C=O) groups is 1. The van der Waals surface area contributed by atoms with Crippen molar-refractivity contribution in [3.8, 4) is 0 Å². The van der Waals surface area contributed by atoms with Gasteiger partial charge in [0, 0.05) is 18.4 Å².